The van der Waals surface area contributed by atoms with Gasteiger partial charge in [0.25, 0.3) is 0 Å². The summed E-state index contributed by atoms with van der Waals surface area (Å²) in [5.74, 6) is 1.37. The third-order valence-corrected chi connectivity index (χ3v) is 4.85. The quantitative estimate of drug-likeness (QED) is 0.531. The Morgan fingerprint density at radius 2 is 1.78 bits per heavy atom. The molecule has 3 rings (SSSR count). The average Bonchev–Trinajstić information content (AvgIpc) is 3.29. The number of hydrogen-bond donors (Lipinski definition) is 1. The molecule has 1 unspecified atom stereocenters. The lowest BCUT2D eigenvalue weighted by Crippen LogP contribution is -2.27. The van der Waals surface area contributed by atoms with Gasteiger partial charge in [-0.05, 0) is 42.0 Å². The number of nitriles is 1. The Morgan fingerprint density at radius 1 is 1.09 bits per heavy atom. The van der Waals surface area contributed by atoms with Crippen LogP contribution in [0.3, 0.4) is 0 Å². The van der Waals surface area contributed by atoms with Crippen LogP contribution < -0.4 is 19.5 Å². The van der Waals surface area contributed by atoms with E-state index >= 15 is 0 Å². The molecule has 0 bridgehead atoms. The van der Waals surface area contributed by atoms with E-state index in [1.54, 1.807) is 42.5 Å². The van der Waals surface area contributed by atoms with Crippen molar-refractivity contribution in [2.24, 2.45) is 0 Å². The lowest BCUT2D eigenvalue weighted by Gasteiger charge is -2.17. The van der Waals surface area contributed by atoms with E-state index in [1.807, 2.05) is 0 Å². The number of ether oxygens (including phenoxy) is 3. The van der Waals surface area contributed by atoms with Gasteiger partial charge in [-0.3, -0.25) is 4.79 Å². The van der Waals surface area contributed by atoms with E-state index in [4.69, 9.17) is 18.6 Å². The van der Waals surface area contributed by atoms with E-state index in [0.717, 1.165) is 0 Å². The van der Waals surface area contributed by atoms with Crippen LogP contribution in [0.4, 0.5) is 4.39 Å². The summed E-state index contributed by atoms with van der Waals surface area (Å²) in [6.45, 7) is 0. The predicted molar refractivity (Wildman–Crippen MR) is 115 cm³/mol. The number of carbonyl (C=O) groups excluding carboxylic acids is 1. The second-order valence-corrected chi connectivity index (χ2v) is 6.83. The number of nitrogens with zero attached hydrogens (tertiary/aromatic N) is 1. The van der Waals surface area contributed by atoms with Gasteiger partial charge < -0.3 is 23.9 Å². The molecule has 32 heavy (non-hydrogen) atoms. The van der Waals surface area contributed by atoms with Gasteiger partial charge in [0.05, 0.1) is 33.0 Å². The van der Waals surface area contributed by atoms with Crippen LogP contribution in [0.15, 0.2) is 52.9 Å². The second-order valence-electron chi connectivity index (χ2n) is 6.83. The first-order valence-electron chi connectivity index (χ1n) is 9.83. The van der Waals surface area contributed by atoms with Crippen LogP contribution in [0.1, 0.15) is 23.8 Å². The summed E-state index contributed by atoms with van der Waals surface area (Å²) in [5, 5.41) is 12.3. The average molecular weight is 438 g/mol. The van der Waals surface area contributed by atoms with E-state index in [2.05, 4.69) is 11.4 Å². The Kier molecular flexibility index (Phi) is 7.34. The third-order valence-electron chi connectivity index (χ3n) is 4.85. The SMILES string of the molecule is COc1cc(C(C#N)NC(=O)CCc2ccc(-c3ccccc3F)o2)cc(OC)c1OC. The first kappa shape index (κ1) is 22.7. The number of carbonyl (C=O) groups is 1. The fourth-order valence-electron chi connectivity index (χ4n) is 3.25. The van der Waals surface area contributed by atoms with Crippen molar-refractivity contribution in [1.82, 2.24) is 5.32 Å². The third kappa shape index (κ3) is 5.01. The van der Waals surface area contributed by atoms with Gasteiger partial charge in [-0.25, -0.2) is 4.39 Å². The lowest BCUT2D eigenvalue weighted by atomic mass is 10.1. The highest BCUT2D eigenvalue weighted by atomic mass is 19.1. The van der Waals surface area contributed by atoms with Crippen molar-refractivity contribution < 1.29 is 27.8 Å². The van der Waals surface area contributed by atoms with Crippen LogP contribution in [0.25, 0.3) is 11.3 Å². The molecule has 1 N–H and O–H groups in total. The molecule has 0 saturated carbocycles. The molecule has 3 aromatic rings. The van der Waals surface area contributed by atoms with Crippen LogP contribution in [0, 0.1) is 17.1 Å². The Hall–Kier alpha value is -3.99. The van der Waals surface area contributed by atoms with Crippen molar-refractivity contribution in [2.75, 3.05) is 21.3 Å². The Morgan fingerprint density at radius 3 is 2.38 bits per heavy atom. The lowest BCUT2D eigenvalue weighted by molar-refractivity contribution is -0.121. The molecule has 2 aromatic carbocycles. The molecule has 0 radical (unpaired) electrons. The molecular formula is C24H23FN2O5. The molecule has 8 heteroatoms. The molecule has 0 aliphatic rings. The van der Waals surface area contributed by atoms with Crippen LogP contribution in [0.2, 0.25) is 0 Å². The Labute approximate surface area is 185 Å². The maximum absolute atomic E-state index is 13.9. The van der Waals surface area contributed by atoms with Gasteiger partial charge in [0.15, 0.2) is 11.5 Å². The van der Waals surface area contributed by atoms with Gasteiger partial charge in [-0.2, -0.15) is 5.26 Å². The molecule has 0 saturated heterocycles. The number of amides is 1. The number of benzene rings is 2. The number of rotatable bonds is 9. The molecule has 0 aliphatic carbocycles. The van der Waals surface area contributed by atoms with E-state index in [0.29, 0.717) is 46.3 Å². The number of nitrogens with one attached hydrogen (secondary N) is 1. The summed E-state index contributed by atoms with van der Waals surface area (Å²) in [5.41, 5.74) is 0.852. The van der Waals surface area contributed by atoms with E-state index in [-0.39, 0.29) is 18.1 Å². The number of methoxy groups -OCH3 is 3. The minimum Gasteiger partial charge on any atom is -0.493 e. The molecule has 0 aliphatic heterocycles. The summed E-state index contributed by atoms with van der Waals surface area (Å²) in [6, 6.07) is 14.1. The summed E-state index contributed by atoms with van der Waals surface area (Å²) < 4.78 is 35.5. The topological polar surface area (TPSA) is 93.7 Å². The molecule has 1 aromatic heterocycles. The van der Waals surface area contributed by atoms with Crippen LogP contribution in [-0.2, 0) is 11.2 Å². The number of halogens is 1. The fourth-order valence-corrected chi connectivity index (χ4v) is 3.25. The van der Waals surface area contributed by atoms with Gasteiger partial charge in [0.2, 0.25) is 11.7 Å². The van der Waals surface area contributed by atoms with Crippen LogP contribution >= 0.6 is 0 Å². The minimum atomic E-state index is -0.915. The smallest absolute Gasteiger partial charge is 0.221 e. The highest BCUT2D eigenvalue weighted by Crippen LogP contribution is 2.39. The predicted octanol–water partition coefficient (Wildman–Crippen LogP) is 4.43. The van der Waals surface area contributed by atoms with Crippen LogP contribution in [0.5, 0.6) is 17.2 Å². The van der Waals surface area contributed by atoms with Crippen molar-refractivity contribution in [3.8, 4) is 34.6 Å². The summed E-state index contributed by atoms with van der Waals surface area (Å²) in [6.07, 6.45) is 0.389. The molecular weight excluding hydrogens is 415 g/mol. The molecule has 0 spiro atoms. The fraction of sp³-hybridized carbons (Fsp3) is 0.250. The van der Waals surface area contributed by atoms with Gasteiger partial charge in [-0.1, -0.05) is 12.1 Å². The second kappa shape index (κ2) is 10.4. The molecule has 1 amide bonds. The van der Waals surface area contributed by atoms with Crippen molar-refractivity contribution in [2.45, 2.75) is 18.9 Å². The largest absolute Gasteiger partial charge is 0.493 e. The van der Waals surface area contributed by atoms with E-state index in [9.17, 15) is 14.4 Å². The molecule has 7 nitrogen and oxygen atoms in total. The van der Waals surface area contributed by atoms with Crippen molar-refractivity contribution in [3.05, 3.63) is 65.7 Å². The van der Waals surface area contributed by atoms with Gasteiger partial charge in [-0.15, -0.1) is 0 Å². The minimum absolute atomic E-state index is 0.0901. The first-order valence-corrected chi connectivity index (χ1v) is 9.83. The molecule has 0 fully saturated rings. The van der Waals surface area contributed by atoms with Crippen LogP contribution in [-0.4, -0.2) is 27.2 Å². The number of hydrogen-bond acceptors (Lipinski definition) is 6. The van der Waals surface area contributed by atoms with Gasteiger partial charge >= 0.3 is 0 Å². The Balaban J connectivity index is 1.67. The molecule has 166 valence electrons. The molecule has 1 atom stereocenters. The van der Waals surface area contributed by atoms with Crippen molar-refractivity contribution >= 4 is 5.91 Å². The van der Waals surface area contributed by atoms with E-state index in [1.165, 1.54) is 27.4 Å². The first-order chi connectivity index (χ1) is 15.5. The zero-order valence-corrected chi connectivity index (χ0v) is 18.0. The zero-order valence-electron chi connectivity index (χ0n) is 18.0. The monoisotopic (exact) mass is 438 g/mol. The number of aryl methyl sites for hydroxylation is 1. The van der Waals surface area contributed by atoms with E-state index < -0.39 is 6.04 Å². The summed E-state index contributed by atoms with van der Waals surface area (Å²) in [7, 11) is 4.43. The zero-order chi connectivity index (χ0) is 23.1. The highest BCUT2D eigenvalue weighted by Gasteiger charge is 2.20. The standard InChI is InChI=1S/C24H23FN2O5/c1-29-21-12-15(13-22(30-2)24(21)31-3)19(14-26)27-23(28)11-9-16-8-10-20(32-16)17-6-4-5-7-18(17)25/h4-8,10,12-13,19H,9,11H2,1-3H3,(H,27,28). The summed E-state index contributed by atoms with van der Waals surface area (Å²) >= 11 is 0. The Bertz CT molecular complexity index is 1110. The summed E-state index contributed by atoms with van der Waals surface area (Å²) in [4.78, 5) is 12.5. The molecule has 1 heterocycles. The normalized spacial score (nSPS) is 11.3. The van der Waals surface area contributed by atoms with Crippen molar-refractivity contribution in [3.63, 3.8) is 0 Å². The van der Waals surface area contributed by atoms with Gasteiger partial charge in [0, 0.05) is 12.8 Å². The van der Waals surface area contributed by atoms with Gasteiger partial charge in [0.1, 0.15) is 23.4 Å². The van der Waals surface area contributed by atoms with Crippen molar-refractivity contribution in [1.29, 1.82) is 5.26 Å². The number of furan rings is 1. The maximum atomic E-state index is 13.9. The maximum Gasteiger partial charge on any atom is 0.221 e. The highest BCUT2D eigenvalue weighted by molar-refractivity contribution is 5.77.